The van der Waals surface area contributed by atoms with E-state index in [0.29, 0.717) is 32.5 Å². The Labute approximate surface area is 102 Å². The van der Waals surface area contributed by atoms with Crippen LogP contribution < -0.4 is 0 Å². The molecule has 0 aromatic rings. The quantitative estimate of drug-likeness (QED) is 0.334. The van der Waals surface area contributed by atoms with Crippen LogP contribution in [0.1, 0.15) is 32.1 Å². The Morgan fingerprint density at radius 1 is 0.882 bits per heavy atom. The topological polar surface area (TPSA) is 52.6 Å². The van der Waals surface area contributed by atoms with Crippen molar-refractivity contribution in [1.82, 2.24) is 0 Å². The fourth-order valence-electron chi connectivity index (χ4n) is 1.03. The van der Waals surface area contributed by atoms with Crippen molar-refractivity contribution in [3.63, 3.8) is 0 Å². The van der Waals surface area contributed by atoms with E-state index in [2.05, 4.69) is 13.2 Å². The lowest BCUT2D eigenvalue weighted by Gasteiger charge is -2.04. The van der Waals surface area contributed by atoms with E-state index in [0.717, 1.165) is 0 Å². The van der Waals surface area contributed by atoms with Crippen LogP contribution in [0.4, 0.5) is 0 Å². The van der Waals surface area contributed by atoms with Crippen molar-refractivity contribution < 1.29 is 19.1 Å². The molecule has 4 nitrogen and oxygen atoms in total. The van der Waals surface area contributed by atoms with E-state index in [9.17, 15) is 9.59 Å². The van der Waals surface area contributed by atoms with Gasteiger partial charge in [0.05, 0.1) is 13.2 Å². The molecule has 0 aromatic carbocycles. The zero-order valence-electron chi connectivity index (χ0n) is 10.2. The lowest BCUT2D eigenvalue weighted by Crippen LogP contribution is -2.08. The van der Waals surface area contributed by atoms with Gasteiger partial charge in [-0.1, -0.05) is 12.2 Å². The molecule has 0 bridgehead atoms. The highest BCUT2D eigenvalue weighted by Gasteiger charge is 2.06. The maximum absolute atomic E-state index is 11.1. The van der Waals surface area contributed by atoms with Crippen LogP contribution in [-0.2, 0) is 19.1 Å². The van der Waals surface area contributed by atoms with Crippen LogP contribution in [0.2, 0.25) is 0 Å². The minimum absolute atomic E-state index is 0.244. The van der Waals surface area contributed by atoms with Gasteiger partial charge in [0.25, 0.3) is 0 Å². The molecule has 0 aliphatic carbocycles. The van der Waals surface area contributed by atoms with Crippen LogP contribution in [0, 0.1) is 0 Å². The van der Waals surface area contributed by atoms with E-state index in [1.54, 1.807) is 12.2 Å². The van der Waals surface area contributed by atoms with Crippen LogP contribution in [0.5, 0.6) is 0 Å². The minimum atomic E-state index is -0.286. The van der Waals surface area contributed by atoms with Crippen molar-refractivity contribution in [2.75, 3.05) is 13.2 Å². The van der Waals surface area contributed by atoms with Crippen LogP contribution in [0.3, 0.4) is 0 Å². The number of ether oxygens (including phenoxy) is 2. The molecule has 0 aliphatic rings. The summed E-state index contributed by atoms with van der Waals surface area (Å²) in [7, 11) is 0. The monoisotopic (exact) mass is 240 g/mol. The number of carbonyl (C=O) groups excluding carboxylic acids is 2. The molecule has 0 saturated heterocycles. The van der Waals surface area contributed by atoms with Gasteiger partial charge in [-0.05, 0) is 19.3 Å². The van der Waals surface area contributed by atoms with Gasteiger partial charge in [0, 0.05) is 12.8 Å². The standard InChI is InChI=1S/C13H20O4/c1-3-5-10-16-12(14)8-7-9-13(15)17-11-6-4-2/h3-4H,1-2,5-11H2. The molecule has 0 heterocycles. The zero-order valence-corrected chi connectivity index (χ0v) is 10.2. The Balaban J connectivity index is 3.41. The molecule has 0 rings (SSSR count). The average Bonchev–Trinajstić information content (AvgIpc) is 2.30. The molecule has 17 heavy (non-hydrogen) atoms. The fraction of sp³-hybridized carbons (Fsp3) is 0.538. The molecule has 0 unspecified atom stereocenters. The predicted octanol–water partition coefficient (Wildman–Crippen LogP) is 2.40. The normalized spacial score (nSPS) is 9.41. The molecule has 96 valence electrons. The number of rotatable bonds is 10. The van der Waals surface area contributed by atoms with E-state index in [1.807, 2.05) is 0 Å². The van der Waals surface area contributed by atoms with E-state index >= 15 is 0 Å². The third-order valence-electron chi connectivity index (χ3n) is 1.93. The van der Waals surface area contributed by atoms with Crippen molar-refractivity contribution >= 4 is 11.9 Å². The lowest BCUT2D eigenvalue weighted by atomic mass is 10.2. The summed E-state index contributed by atoms with van der Waals surface area (Å²) < 4.78 is 9.77. The minimum Gasteiger partial charge on any atom is -0.465 e. The molecule has 0 amide bonds. The van der Waals surface area contributed by atoms with Gasteiger partial charge < -0.3 is 9.47 Å². The molecule has 0 saturated carbocycles. The average molecular weight is 240 g/mol. The Hall–Kier alpha value is -1.58. The van der Waals surface area contributed by atoms with Crippen LogP contribution in [0.25, 0.3) is 0 Å². The van der Waals surface area contributed by atoms with Crippen molar-refractivity contribution in [3.05, 3.63) is 25.3 Å². The molecular weight excluding hydrogens is 220 g/mol. The lowest BCUT2D eigenvalue weighted by molar-refractivity contribution is -0.145. The van der Waals surface area contributed by atoms with Crippen molar-refractivity contribution in [2.24, 2.45) is 0 Å². The maximum Gasteiger partial charge on any atom is 0.305 e. The van der Waals surface area contributed by atoms with E-state index in [1.165, 1.54) is 0 Å². The predicted molar refractivity (Wildman–Crippen MR) is 65.4 cm³/mol. The molecule has 0 atom stereocenters. The first-order valence-corrected chi connectivity index (χ1v) is 5.73. The van der Waals surface area contributed by atoms with Gasteiger partial charge in [0.1, 0.15) is 0 Å². The second-order valence-electron chi connectivity index (χ2n) is 3.45. The molecule has 0 aliphatic heterocycles. The van der Waals surface area contributed by atoms with Crippen molar-refractivity contribution in [3.8, 4) is 0 Å². The Kier molecular flexibility index (Phi) is 9.91. The summed E-state index contributed by atoms with van der Waals surface area (Å²) in [6, 6.07) is 0. The summed E-state index contributed by atoms with van der Waals surface area (Å²) in [5, 5.41) is 0. The first kappa shape index (κ1) is 15.4. The molecular formula is C13H20O4. The number of esters is 2. The van der Waals surface area contributed by atoms with Crippen LogP contribution in [-0.4, -0.2) is 25.2 Å². The van der Waals surface area contributed by atoms with Crippen LogP contribution >= 0.6 is 0 Å². The molecule has 0 N–H and O–H groups in total. The first-order valence-electron chi connectivity index (χ1n) is 5.73. The summed E-state index contributed by atoms with van der Waals surface area (Å²) in [6.07, 6.45) is 5.61. The highest BCUT2D eigenvalue weighted by molar-refractivity contribution is 5.72. The van der Waals surface area contributed by atoms with Gasteiger partial charge >= 0.3 is 11.9 Å². The second kappa shape index (κ2) is 10.9. The highest BCUT2D eigenvalue weighted by Crippen LogP contribution is 2.01. The summed E-state index contributed by atoms with van der Waals surface area (Å²) in [4.78, 5) is 22.3. The first-order chi connectivity index (χ1) is 8.20. The van der Waals surface area contributed by atoms with Gasteiger partial charge in [-0.2, -0.15) is 0 Å². The highest BCUT2D eigenvalue weighted by atomic mass is 16.5. The Morgan fingerprint density at radius 2 is 1.29 bits per heavy atom. The summed E-state index contributed by atoms with van der Waals surface area (Å²) >= 11 is 0. The van der Waals surface area contributed by atoms with Gasteiger partial charge in [0.15, 0.2) is 0 Å². The fourth-order valence-corrected chi connectivity index (χ4v) is 1.03. The van der Waals surface area contributed by atoms with Gasteiger partial charge in [-0.3, -0.25) is 9.59 Å². The van der Waals surface area contributed by atoms with E-state index < -0.39 is 0 Å². The van der Waals surface area contributed by atoms with Gasteiger partial charge in [0.2, 0.25) is 0 Å². The van der Waals surface area contributed by atoms with Crippen LogP contribution in [0.15, 0.2) is 25.3 Å². The summed E-state index contributed by atoms with van der Waals surface area (Å²) in [5.41, 5.74) is 0. The zero-order chi connectivity index (χ0) is 12.9. The van der Waals surface area contributed by atoms with E-state index in [4.69, 9.17) is 9.47 Å². The molecule has 0 spiro atoms. The molecule has 4 heteroatoms. The van der Waals surface area contributed by atoms with Crippen molar-refractivity contribution in [2.45, 2.75) is 32.1 Å². The smallest absolute Gasteiger partial charge is 0.305 e. The summed E-state index contributed by atoms with van der Waals surface area (Å²) in [5.74, 6) is -0.573. The molecule has 0 aromatic heterocycles. The maximum atomic E-state index is 11.1. The molecule has 0 radical (unpaired) electrons. The van der Waals surface area contributed by atoms with Gasteiger partial charge in [-0.25, -0.2) is 0 Å². The Morgan fingerprint density at radius 3 is 1.65 bits per heavy atom. The SMILES string of the molecule is C=CCCOC(=O)CCCC(=O)OCCC=C. The largest absolute Gasteiger partial charge is 0.465 e. The summed E-state index contributed by atoms with van der Waals surface area (Å²) in [6.45, 7) is 7.74. The number of hydrogen-bond donors (Lipinski definition) is 0. The third kappa shape index (κ3) is 10.7. The number of hydrogen-bond acceptors (Lipinski definition) is 4. The van der Waals surface area contributed by atoms with E-state index in [-0.39, 0.29) is 24.8 Å². The Bertz CT molecular complexity index is 232. The van der Waals surface area contributed by atoms with Gasteiger partial charge in [-0.15, -0.1) is 13.2 Å². The van der Waals surface area contributed by atoms with Crippen molar-refractivity contribution in [1.29, 1.82) is 0 Å². The third-order valence-corrected chi connectivity index (χ3v) is 1.93. The molecule has 0 fully saturated rings. The second-order valence-corrected chi connectivity index (χ2v) is 3.45. The number of carbonyl (C=O) groups is 2.